The Morgan fingerprint density at radius 3 is 2.26 bits per heavy atom. The van der Waals surface area contributed by atoms with Crippen molar-refractivity contribution in [3.8, 4) is 5.75 Å². The molecule has 7 heteroatoms. The zero-order valence-corrected chi connectivity index (χ0v) is 21.5. The fraction of sp³-hybridized carbons (Fsp3) is 0.519. The standard InChI is InChI=1S/C27H38FNO4S/c1-4-6-7-8-9-10-11-15-27(30)29(22(3)5-2)21-23-13-12-14-25(20-23)33-34(31,32)26-18-16-24(28)17-19-26/h12-14,16-20,22H,4-11,15,21H2,1-3H3. The summed E-state index contributed by atoms with van der Waals surface area (Å²) >= 11 is 0. The third kappa shape index (κ3) is 9.09. The molecule has 0 aliphatic carbocycles. The second-order valence-corrected chi connectivity index (χ2v) is 10.3. The molecule has 0 fully saturated rings. The van der Waals surface area contributed by atoms with Crippen molar-refractivity contribution in [1.29, 1.82) is 0 Å². The quantitative estimate of drug-likeness (QED) is 0.202. The first kappa shape index (κ1) is 27.8. The van der Waals surface area contributed by atoms with Gasteiger partial charge in [0.15, 0.2) is 0 Å². The van der Waals surface area contributed by atoms with E-state index in [1.807, 2.05) is 24.8 Å². The van der Waals surface area contributed by atoms with Crippen LogP contribution < -0.4 is 4.18 Å². The Labute approximate surface area is 204 Å². The molecule has 0 aliphatic heterocycles. The molecule has 2 rings (SSSR count). The zero-order chi connectivity index (χ0) is 25.0. The fourth-order valence-corrected chi connectivity index (χ4v) is 4.68. The van der Waals surface area contributed by atoms with E-state index in [9.17, 15) is 17.6 Å². The molecule has 0 aromatic heterocycles. The summed E-state index contributed by atoms with van der Waals surface area (Å²) in [6, 6.07) is 11.3. The lowest BCUT2D eigenvalue weighted by atomic mass is 10.1. The van der Waals surface area contributed by atoms with Crippen LogP contribution in [0.15, 0.2) is 53.4 Å². The molecule has 0 N–H and O–H groups in total. The average molecular weight is 492 g/mol. The van der Waals surface area contributed by atoms with Crippen molar-refractivity contribution in [3.05, 3.63) is 59.9 Å². The second-order valence-electron chi connectivity index (χ2n) is 8.79. The summed E-state index contributed by atoms with van der Waals surface area (Å²) < 4.78 is 43.5. The van der Waals surface area contributed by atoms with E-state index in [1.165, 1.54) is 44.2 Å². The first-order chi connectivity index (χ1) is 16.3. The third-order valence-corrected chi connectivity index (χ3v) is 7.26. The zero-order valence-electron chi connectivity index (χ0n) is 20.6. The summed E-state index contributed by atoms with van der Waals surface area (Å²) in [4.78, 5) is 14.7. The lowest BCUT2D eigenvalue weighted by Crippen LogP contribution is -2.37. The largest absolute Gasteiger partial charge is 0.379 e. The van der Waals surface area contributed by atoms with Crippen LogP contribution in [0.25, 0.3) is 0 Å². The topological polar surface area (TPSA) is 63.7 Å². The Balaban J connectivity index is 2.00. The Bertz CT molecular complexity index is 992. The molecular weight excluding hydrogens is 453 g/mol. The highest BCUT2D eigenvalue weighted by Crippen LogP contribution is 2.22. The smallest absolute Gasteiger partial charge is 0.339 e. The Kier molecular flexibility index (Phi) is 11.5. The minimum Gasteiger partial charge on any atom is -0.379 e. The molecule has 0 bridgehead atoms. The number of halogens is 1. The van der Waals surface area contributed by atoms with E-state index in [-0.39, 0.29) is 22.6 Å². The van der Waals surface area contributed by atoms with Crippen LogP contribution in [-0.4, -0.2) is 25.3 Å². The molecule has 2 aromatic carbocycles. The summed E-state index contributed by atoms with van der Waals surface area (Å²) in [6.07, 6.45) is 9.46. The van der Waals surface area contributed by atoms with Gasteiger partial charge < -0.3 is 9.08 Å². The maximum absolute atomic E-state index is 13.1. The van der Waals surface area contributed by atoms with E-state index in [1.54, 1.807) is 18.2 Å². The average Bonchev–Trinajstić information content (AvgIpc) is 2.81. The van der Waals surface area contributed by atoms with E-state index in [0.717, 1.165) is 37.0 Å². The second kappa shape index (κ2) is 14.1. The summed E-state index contributed by atoms with van der Waals surface area (Å²) in [5.41, 5.74) is 0.792. The van der Waals surface area contributed by atoms with Crippen molar-refractivity contribution >= 4 is 16.0 Å². The van der Waals surface area contributed by atoms with Crippen molar-refractivity contribution in [1.82, 2.24) is 4.90 Å². The Hall–Kier alpha value is -2.41. The van der Waals surface area contributed by atoms with Crippen LogP contribution in [0.3, 0.4) is 0 Å². The van der Waals surface area contributed by atoms with Gasteiger partial charge in [0.1, 0.15) is 16.5 Å². The summed E-state index contributed by atoms with van der Waals surface area (Å²) in [7, 11) is -4.08. The predicted octanol–water partition coefficient (Wildman–Crippen LogP) is 6.86. The van der Waals surface area contributed by atoms with Crippen LogP contribution in [0, 0.1) is 5.82 Å². The van der Waals surface area contributed by atoms with E-state index in [2.05, 4.69) is 6.92 Å². The van der Waals surface area contributed by atoms with Crippen LogP contribution in [0.1, 0.15) is 84.1 Å². The van der Waals surface area contributed by atoms with Gasteiger partial charge in [0.05, 0.1) is 0 Å². The van der Waals surface area contributed by atoms with Crippen LogP contribution in [0.4, 0.5) is 4.39 Å². The van der Waals surface area contributed by atoms with Crippen LogP contribution in [0.2, 0.25) is 0 Å². The molecule has 34 heavy (non-hydrogen) atoms. The monoisotopic (exact) mass is 491 g/mol. The first-order valence-corrected chi connectivity index (χ1v) is 13.8. The molecule has 0 saturated carbocycles. The fourth-order valence-electron chi connectivity index (χ4n) is 3.76. The van der Waals surface area contributed by atoms with Gasteiger partial charge in [-0.25, -0.2) is 4.39 Å². The van der Waals surface area contributed by atoms with Gasteiger partial charge in [-0.15, -0.1) is 0 Å². The van der Waals surface area contributed by atoms with E-state index in [0.29, 0.717) is 13.0 Å². The highest BCUT2D eigenvalue weighted by molar-refractivity contribution is 7.87. The Morgan fingerprint density at radius 2 is 1.62 bits per heavy atom. The first-order valence-electron chi connectivity index (χ1n) is 12.3. The lowest BCUT2D eigenvalue weighted by Gasteiger charge is -2.29. The van der Waals surface area contributed by atoms with Gasteiger partial charge in [-0.1, -0.05) is 64.5 Å². The molecule has 0 aliphatic rings. The number of benzene rings is 2. The van der Waals surface area contributed by atoms with Gasteiger partial charge in [0.25, 0.3) is 0 Å². The molecule has 0 radical (unpaired) electrons. The molecule has 1 unspecified atom stereocenters. The Morgan fingerprint density at radius 1 is 0.971 bits per heavy atom. The summed E-state index contributed by atoms with van der Waals surface area (Å²) in [5.74, 6) is -0.245. The molecular formula is C27H38FNO4S. The van der Waals surface area contributed by atoms with Crippen molar-refractivity contribution in [2.75, 3.05) is 0 Å². The summed E-state index contributed by atoms with van der Waals surface area (Å²) in [5, 5.41) is 0. The minimum absolute atomic E-state index is 0.0737. The number of unbranched alkanes of at least 4 members (excludes halogenated alkanes) is 6. The van der Waals surface area contributed by atoms with Gasteiger partial charge >= 0.3 is 10.1 Å². The minimum atomic E-state index is -4.08. The van der Waals surface area contributed by atoms with Crippen molar-refractivity contribution in [2.45, 2.75) is 96.0 Å². The number of hydrogen-bond acceptors (Lipinski definition) is 4. The van der Waals surface area contributed by atoms with Gasteiger partial charge in [0, 0.05) is 19.0 Å². The molecule has 188 valence electrons. The molecule has 0 spiro atoms. The lowest BCUT2D eigenvalue weighted by molar-refractivity contribution is -0.134. The maximum atomic E-state index is 13.1. The van der Waals surface area contributed by atoms with Crippen LogP contribution in [0.5, 0.6) is 5.75 Å². The maximum Gasteiger partial charge on any atom is 0.339 e. The number of amides is 1. The van der Waals surface area contributed by atoms with E-state index >= 15 is 0 Å². The third-order valence-electron chi connectivity index (χ3n) is 6.00. The number of carbonyl (C=O) groups is 1. The van der Waals surface area contributed by atoms with E-state index in [4.69, 9.17) is 4.18 Å². The normalized spacial score (nSPS) is 12.4. The van der Waals surface area contributed by atoms with Gasteiger partial charge in [-0.2, -0.15) is 8.42 Å². The van der Waals surface area contributed by atoms with E-state index < -0.39 is 15.9 Å². The highest BCUT2D eigenvalue weighted by atomic mass is 32.2. The van der Waals surface area contributed by atoms with Crippen LogP contribution >= 0.6 is 0 Å². The molecule has 0 saturated heterocycles. The van der Waals surface area contributed by atoms with Gasteiger partial charge in [-0.05, 0) is 61.7 Å². The number of hydrogen-bond donors (Lipinski definition) is 0. The number of carbonyl (C=O) groups excluding carboxylic acids is 1. The molecule has 2 aromatic rings. The molecule has 0 heterocycles. The predicted molar refractivity (Wildman–Crippen MR) is 134 cm³/mol. The van der Waals surface area contributed by atoms with Crippen molar-refractivity contribution in [3.63, 3.8) is 0 Å². The van der Waals surface area contributed by atoms with Crippen LogP contribution in [-0.2, 0) is 21.5 Å². The van der Waals surface area contributed by atoms with Gasteiger partial charge in [0.2, 0.25) is 5.91 Å². The molecule has 1 atom stereocenters. The van der Waals surface area contributed by atoms with Crippen molar-refractivity contribution < 1.29 is 21.8 Å². The molecule has 1 amide bonds. The molecule has 5 nitrogen and oxygen atoms in total. The highest BCUT2D eigenvalue weighted by Gasteiger charge is 2.20. The van der Waals surface area contributed by atoms with Crippen molar-refractivity contribution in [2.24, 2.45) is 0 Å². The van der Waals surface area contributed by atoms with Gasteiger partial charge in [-0.3, -0.25) is 4.79 Å². The number of rotatable bonds is 15. The summed E-state index contributed by atoms with van der Waals surface area (Å²) in [6.45, 7) is 6.67. The number of nitrogens with zero attached hydrogens (tertiary/aromatic N) is 1. The SMILES string of the molecule is CCCCCCCCCC(=O)N(Cc1cccc(OS(=O)(=O)c2ccc(F)cc2)c1)C(C)CC.